The standard InChI is InChI=1S/C25H30O7/c1-6-8-19(23(26)27)25(2,3)14-32-21-16(11-12-20(29-4)22(21)30-5)15-9-7-10-17-18(15)13-31-24(17)28/h7,9-12,19H,6,8,13-14H2,1-5H3,(H,26,27). The van der Waals surface area contributed by atoms with Crippen molar-refractivity contribution in [2.24, 2.45) is 11.3 Å². The number of carbonyl (C=O) groups excluding carboxylic acids is 1. The highest BCUT2D eigenvalue weighted by Crippen LogP contribution is 2.47. The smallest absolute Gasteiger partial charge is 0.338 e. The molecule has 0 aromatic heterocycles. The normalized spacial score (nSPS) is 13.8. The Morgan fingerprint density at radius 2 is 1.81 bits per heavy atom. The molecule has 0 saturated carbocycles. The summed E-state index contributed by atoms with van der Waals surface area (Å²) in [7, 11) is 3.07. The van der Waals surface area contributed by atoms with Crippen LogP contribution in [-0.2, 0) is 16.1 Å². The Kier molecular flexibility index (Phi) is 6.96. The van der Waals surface area contributed by atoms with Crippen LogP contribution < -0.4 is 14.2 Å². The van der Waals surface area contributed by atoms with Crippen LogP contribution in [-0.4, -0.2) is 37.9 Å². The maximum Gasteiger partial charge on any atom is 0.338 e. The summed E-state index contributed by atoms with van der Waals surface area (Å²) < 4.78 is 22.6. The van der Waals surface area contributed by atoms with Gasteiger partial charge in [-0.05, 0) is 30.2 Å². The molecule has 2 aromatic carbocycles. The quantitative estimate of drug-likeness (QED) is 0.521. The topological polar surface area (TPSA) is 91.3 Å². The van der Waals surface area contributed by atoms with Crippen molar-refractivity contribution in [3.63, 3.8) is 0 Å². The zero-order chi connectivity index (χ0) is 23.5. The van der Waals surface area contributed by atoms with Crippen molar-refractivity contribution in [1.82, 2.24) is 0 Å². The Labute approximate surface area is 188 Å². The van der Waals surface area contributed by atoms with Gasteiger partial charge in [0, 0.05) is 16.5 Å². The van der Waals surface area contributed by atoms with Crippen molar-refractivity contribution in [2.45, 2.75) is 40.2 Å². The van der Waals surface area contributed by atoms with Crippen LogP contribution in [0.15, 0.2) is 30.3 Å². The molecule has 172 valence electrons. The van der Waals surface area contributed by atoms with E-state index in [4.69, 9.17) is 18.9 Å². The van der Waals surface area contributed by atoms with Crippen LogP contribution in [0.4, 0.5) is 0 Å². The van der Waals surface area contributed by atoms with E-state index in [1.807, 2.05) is 32.9 Å². The third-order valence-electron chi connectivity index (χ3n) is 5.94. The van der Waals surface area contributed by atoms with Crippen molar-refractivity contribution < 1.29 is 33.6 Å². The summed E-state index contributed by atoms with van der Waals surface area (Å²) in [5.74, 6) is -0.407. The van der Waals surface area contributed by atoms with Gasteiger partial charge in [-0.1, -0.05) is 39.3 Å². The number of cyclic esters (lactones) is 1. The predicted molar refractivity (Wildman–Crippen MR) is 119 cm³/mol. The fourth-order valence-electron chi connectivity index (χ4n) is 4.15. The van der Waals surface area contributed by atoms with Crippen molar-refractivity contribution in [3.05, 3.63) is 41.5 Å². The second-order valence-electron chi connectivity index (χ2n) is 8.54. The fourth-order valence-corrected chi connectivity index (χ4v) is 4.15. The van der Waals surface area contributed by atoms with Gasteiger partial charge in [-0.25, -0.2) is 4.79 Å². The molecule has 1 atom stereocenters. The van der Waals surface area contributed by atoms with Crippen LogP contribution in [0.25, 0.3) is 11.1 Å². The monoisotopic (exact) mass is 442 g/mol. The minimum Gasteiger partial charge on any atom is -0.493 e. The van der Waals surface area contributed by atoms with Crippen molar-refractivity contribution in [2.75, 3.05) is 20.8 Å². The van der Waals surface area contributed by atoms with Crippen LogP contribution in [0.1, 0.15) is 49.5 Å². The molecular formula is C25H30O7. The molecule has 7 heteroatoms. The number of fused-ring (bicyclic) bond motifs is 1. The van der Waals surface area contributed by atoms with E-state index in [1.165, 1.54) is 7.11 Å². The maximum atomic E-state index is 12.1. The first-order valence-corrected chi connectivity index (χ1v) is 10.6. The minimum atomic E-state index is -0.838. The van der Waals surface area contributed by atoms with Gasteiger partial charge in [0.2, 0.25) is 5.75 Å². The molecule has 1 unspecified atom stereocenters. The third kappa shape index (κ3) is 4.38. The highest BCUT2D eigenvalue weighted by Gasteiger charge is 2.36. The first-order valence-electron chi connectivity index (χ1n) is 10.6. The third-order valence-corrected chi connectivity index (χ3v) is 5.94. The fraction of sp³-hybridized carbons (Fsp3) is 0.440. The number of carboxylic acids is 1. The van der Waals surface area contributed by atoms with Crippen LogP contribution in [0.2, 0.25) is 0 Å². The number of hydrogen-bond acceptors (Lipinski definition) is 6. The number of carbonyl (C=O) groups is 2. The predicted octanol–water partition coefficient (Wildman–Crippen LogP) is 4.95. The number of hydrogen-bond donors (Lipinski definition) is 1. The summed E-state index contributed by atoms with van der Waals surface area (Å²) in [6.45, 7) is 6.09. The number of esters is 1. The lowest BCUT2D eigenvalue weighted by atomic mass is 9.77. The number of aliphatic carboxylic acids is 1. The zero-order valence-electron chi connectivity index (χ0n) is 19.2. The minimum absolute atomic E-state index is 0.158. The molecule has 0 spiro atoms. The molecule has 0 bridgehead atoms. The molecule has 7 nitrogen and oxygen atoms in total. The molecule has 1 N–H and O–H groups in total. The zero-order valence-corrected chi connectivity index (χ0v) is 19.2. The van der Waals surface area contributed by atoms with Gasteiger partial charge >= 0.3 is 11.9 Å². The molecule has 0 amide bonds. The van der Waals surface area contributed by atoms with E-state index in [9.17, 15) is 14.7 Å². The summed E-state index contributed by atoms with van der Waals surface area (Å²) in [5, 5.41) is 9.74. The number of rotatable bonds is 10. The molecule has 1 aliphatic rings. The highest BCUT2D eigenvalue weighted by atomic mass is 16.5. The molecule has 3 rings (SSSR count). The number of ether oxygens (including phenoxy) is 4. The van der Waals surface area contributed by atoms with Crippen molar-refractivity contribution in [3.8, 4) is 28.4 Å². The van der Waals surface area contributed by atoms with Crippen LogP contribution in [0, 0.1) is 11.3 Å². The Balaban J connectivity index is 2.07. The van der Waals surface area contributed by atoms with Crippen LogP contribution in [0.5, 0.6) is 17.2 Å². The molecule has 2 aromatic rings. The lowest BCUT2D eigenvalue weighted by molar-refractivity contribution is -0.147. The molecule has 32 heavy (non-hydrogen) atoms. The van der Waals surface area contributed by atoms with Crippen LogP contribution in [0.3, 0.4) is 0 Å². The van der Waals surface area contributed by atoms with E-state index in [0.717, 1.165) is 23.1 Å². The average Bonchev–Trinajstić information content (AvgIpc) is 3.16. The first-order chi connectivity index (χ1) is 15.2. The number of benzene rings is 2. The van der Waals surface area contributed by atoms with Gasteiger partial charge in [0.05, 0.1) is 32.3 Å². The molecular weight excluding hydrogens is 412 g/mol. The largest absolute Gasteiger partial charge is 0.493 e. The molecule has 0 saturated heterocycles. The summed E-state index contributed by atoms with van der Waals surface area (Å²) in [6, 6.07) is 9.06. The Hall–Kier alpha value is -3.22. The summed E-state index contributed by atoms with van der Waals surface area (Å²) >= 11 is 0. The summed E-state index contributed by atoms with van der Waals surface area (Å²) in [4.78, 5) is 23.9. The Bertz CT molecular complexity index is 1010. The van der Waals surface area contributed by atoms with Gasteiger partial charge in [-0.2, -0.15) is 0 Å². The molecule has 0 fully saturated rings. The van der Waals surface area contributed by atoms with E-state index >= 15 is 0 Å². The average molecular weight is 443 g/mol. The SMILES string of the molecule is CCCC(C(=O)O)C(C)(C)COc1c(-c2cccc3c2COC3=O)ccc(OC)c1OC. The number of methoxy groups -OCH3 is 2. The maximum absolute atomic E-state index is 12.1. The van der Waals surface area contributed by atoms with Gasteiger partial charge in [0.1, 0.15) is 6.61 Å². The second kappa shape index (κ2) is 9.51. The highest BCUT2D eigenvalue weighted by molar-refractivity contribution is 5.96. The lowest BCUT2D eigenvalue weighted by Crippen LogP contribution is -2.36. The van der Waals surface area contributed by atoms with Gasteiger partial charge < -0.3 is 24.1 Å². The molecule has 0 radical (unpaired) electrons. The number of carboxylic acid groups (broad SMARTS) is 1. The molecule has 0 aliphatic carbocycles. The van der Waals surface area contributed by atoms with Gasteiger partial charge in [-0.3, -0.25) is 4.79 Å². The van der Waals surface area contributed by atoms with E-state index in [1.54, 1.807) is 25.3 Å². The van der Waals surface area contributed by atoms with E-state index in [0.29, 0.717) is 29.2 Å². The Morgan fingerprint density at radius 3 is 2.44 bits per heavy atom. The van der Waals surface area contributed by atoms with Gasteiger partial charge in [-0.15, -0.1) is 0 Å². The molecule has 1 heterocycles. The van der Waals surface area contributed by atoms with E-state index in [2.05, 4.69) is 0 Å². The van der Waals surface area contributed by atoms with Crippen molar-refractivity contribution in [1.29, 1.82) is 0 Å². The molecule has 1 aliphatic heterocycles. The van der Waals surface area contributed by atoms with Gasteiger partial charge in [0.25, 0.3) is 0 Å². The van der Waals surface area contributed by atoms with Crippen LogP contribution >= 0.6 is 0 Å². The van der Waals surface area contributed by atoms with Crippen molar-refractivity contribution >= 4 is 11.9 Å². The lowest BCUT2D eigenvalue weighted by Gasteiger charge is -2.32. The summed E-state index contributed by atoms with van der Waals surface area (Å²) in [5.41, 5.74) is 2.19. The van der Waals surface area contributed by atoms with E-state index in [-0.39, 0.29) is 19.2 Å². The summed E-state index contributed by atoms with van der Waals surface area (Å²) in [6.07, 6.45) is 1.32. The Morgan fingerprint density at radius 1 is 1.09 bits per heavy atom. The van der Waals surface area contributed by atoms with Gasteiger partial charge in [0.15, 0.2) is 11.5 Å². The first kappa shape index (κ1) is 23.4. The van der Waals surface area contributed by atoms with E-state index < -0.39 is 17.3 Å². The second-order valence-corrected chi connectivity index (χ2v) is 8.54.